The average Bonchev–Trinajstić information content (AvgIpc) is 2.51. The lowest BCUT2D eigenvalue weighted by molar-refractivity contribution is 0.217. The molecule has 118 valence electrons. The van der Waals surface area contributed by atoms with Gasteiger partial charge < -0.3 is 14.4 Å². The summed E-state index contributed by atoms with van der Waals surface area (Å²) in [6, 6.07) is 7.60. The van der Waals surface area contributed by atoms with E-state index in [0.29, 0.717) is 12.4 Å². The lowest BCUT2D eigenvalue weighted by atomic mass is 10.3. The van der Waals surface area contributed by atoms with Crippen LogP contribution in [0.2, 0.25) is 0 Å². The van der Waals surface area contributed by atoms with Crippen LogP contribution in [0.1, 0.15) is 27.2 Å². The summed E-state index contributed by atoms with van der Waals surface area (Å²) in [5, 5.41) is 0.0819. The lowest BCUT2D eigenvalue weighted by Gasteiger charge is -2.14. The van der Waals surface area contributed by atoms with E-state index < -0.39 is 0 Å². The molecule has 0 fully saturated rings. The highest BCUT2D eigenvalue weighted by Crippen LogP contribution is 2.19. The minimum absolute atomic E-state index is 0.0819. The SMILES string of the molecule is CC[C@H](C)Oc1ccc(OCCSC(=O)N(C)CC)cc1. The number of ether oxygens (including phenoxy) is 2. The van der Waals surface area contributed by atoms with Gasteiger partial charge in [-0.2, -0.15) is 0 Å². The molecule has 1 atom stereocenters. The first kappa shape index (κ1) is 17.7. The van der Waals surface area contributed by atoms with Crippen LogP contribution >= 0.6 is 11.8 Å². The maximum absolute atomic E-state index is 11.6. The van der Waals surface area contributed by atoms with Gasteiger partial charge in [0.1, 0.15) is 11.5 Å². The Hall–Kier alpha value is -1.36. The number of hydrogen-bond acceptors (Lipinski definition) is 4. The second-order valence-electron chi connectivity index (χ2n) is 4.79. The van der Waals surface area contributed by atoms with Crippen molar-refractivity contribution in [1.29, 1.82) is 0 Å². The molecule has 1 rings (SSSR count). The van der Waals surface area contributed by atoms with Crippen molar-refractivity contribution in [3.8, 4) is 11.5 Å². The fourth-order valence-corrected chi connectivity index (χ4v) is 2.15. The zero-order valence-electron chi connectivity index (χ0n) is 13.3. The molecule has 0 aliphatic rings. The van der Waals surface area contributed by atoms with E-state index in [0.717, 1.165) is 24.5 Å². The van der Waals surface area contributed by atoms with Gasteiger partial charge in [0.15, 0.2) is 0 Å². The van der Waals surface area contributed by atoms with Crippen molar-refractivity contribution in [3.63, 3.8) is 0 Å². The van der Waals surface area contributed by atoms with Gasteiger partial charge in [-0.05, 0) is 44.5 Å². The van der Waals surface area contributed by atoms with Gasteiger partial charge in [-0.15, -0.1) is 0 Å². The van der Waals surface area contributed by atoms with E-state index in [1.54, 1.807) is 11.9 Å². The summed E-state index contributed by atoms with van der Waals surface area (Å²) in [5.74, 6) is 2.29. The summed E-state index contributed by atoms with van der Waals surface area (Å²) in [4.78, 5) is 13.3. The molecule has 0 aromatic heterocycles. The van der Waals surface area contributed by atoms with Gasteiger partial charge in [0.25, 0.3) is 5.24 Å². The van der Waals surface area contributed by atoms with E-state index in [-0.39, 0.29) is 11.3 Å². The Labute approximate surface area is 131 Å². The number of hydrogen-bond donors (Lipinski definition) is 0. The van der Waals surface area contributed by atoms with E-state index in [2.05, 4.69) is 6.92 Å². The third-order valence-electron chi connectivity index (χ3n) is 3.10. The fraction of sp³-hybridized carbons (Fsp3) is 0.562. The summed E-state index contributed by atoms with van der Waals surface area (Å²) in [6.07, 6.45) is 1.20. The zero-order chi connectivity index (χ0) is 15.7. The number of rotatable bonds is 8. The maximum Gasteiger partial charge on any atom is 0.281 e. The third kappa shape index (κ3) is 6.76. The number of thioether (sulfide) groups is 1. The van der Waals surface area contributed by atoms with Gasteiger partial charge in [0, 0.05) is 19.3 Å². The molecule has 1 amide bonds. The fourth-order valence-electron chi connectivity index (χ4n) is 1.46. The molecule has 0 saturated heterocycles. The molecule has 5 heteroatoms. The predicted octanol–water partition coefficient (Wildman–Crippen LogP) is 4.05. The number of carbonyl (C=O) groups excluding carboxylic acids is 1. The molecular formula is C16H25NO3S. The van der Waals surface area contributed by atoms with Crippen molar-refractivity contribution in [2.75, 3.05) is 26.0 Å². The van der Waals surface area contributed by atoms with Crippen LogP contribution in [0, 0.1) is 0 Å². The zero-order valence-corrected chi connectivity index (χ0v) is 14.1. The minimum atomic E-state index is 0.0819. The number of nitrogens with zero attached hydrogens (tertiary/aromatic N) is 1. The average molecular weight is 311 g/mol. The monoisotopic (exact) mass is 311 g/mol. The summed E-state index contributed by atoms with van der Waals surface area (Å²) in [6.45, 7) is 7.34. The van der Waals surface area contributed by atoms with Crippen molar-refractivity contribution < 1.29 is 14.3 Å². The summed E-state index contributed by atoms with van der Waals surface area (Å²) in [5.41, 5.74) is 0. The lowest BCUT2D eigenvalue weighted by Crippen LogP contribution is -2.22. The Balaban J connectivity index is 2.28. The molecule has 0 heterocycles. The molecule has 0 saturated carbocycles. The standard InChI is InChI=1S/C16H25NO3S/c1-5-13(3)20-15-9-7-14(8-10-15)19-11-12-21-16(18)17(4)6-2/h7-10,13H,5-6,11-12H2,1-4H3/t13-/m0/s1. The van der Waals surface area contributed by atoms with Crippen LogP contribution < -0.4 is 9.47 Å². The van der Waals surface area contributed by atoms with E-state index in [9.17, 15) is 4.79 Å². The highest BCUT2D eigenvalue weighted by atomic mass is 32.2. The molecule has 4 nitrogen and oxygen atoms in total. The molecule has 21 heavy (non-hydrogen) atoms. The number of carbonyl (C=O) groups is 1. The maximum atomic E-state index is 11.6. The number of amides is 1. The van der Waals surface area contributed by atoms with Gasteiger partial charge in [-0.3, -0.25) is 4.79 Å². The highest BCUT2D eigenvalue weighted by Gasteiger charge is 2.07. The highest BCUT2D eigenvalue weighted by molar-refractivity contribution is 8.13. The van der Waals surface area contributed by atoms with Crippen LogP contribution in [-0.2, 0) is 0 Å². The van der Waals surface area contributed by atoms with Gasteiger partial charge in [0.2, 0.25) is 0 Å². The Morgan fingerprint density at radius 2 is 1.86 bits per heavy atom. The first-order valence-electron chi connectivity index (χ1n) is 7.34. The van der Waals surface area contributed by atoms with Crippen molar-refractivity contribution in [2.24, 2.45) is 0 Å². The van der Waals surface area contributed by atoms with Crippen LogP contribution in [0.15, 0.2) is 24.3 Å². The normalized spacial score (nSPS) is 11.8. The Bertz CT molecular complexity index is 422. The van der Waals surface area contributed by atoms with Crippen molar-refractivity contribution in [3.05, 3.63) is 24.3 Å². The van der Waals surface area contributed by atoms with Gasteiger partial charge >= 0.3 is 0 Å². The van der Waals surface area contributed by atoms with Crippen LogP contribution in [-0.4, -0.2) is 42.2 Å². The second kappa shape index (κ2) is 9.55. The van der Waals surface area contributed by atoms with E-state index in [4.69, 9.17) is 9.47 Å². The first-order valence-corrected chi connectivity index (χ1v) is 8.32. The van der Waals surface area contributed by atoms with Crippen molar-refractivity contribution >= 4 is 17.0 Å². The van der Waals surface area contributed by atoms with Gasteiger partial charge in [-0.25, -0.2) is 0 Å². The molecule has 0 bridgehead atoms. The number of benzene rings is 1. The Morgan fingerprint density at radius 3 is 2.43 bits per heavy atom. The van der Waals surface area contributed by atoms with Crippen LogP contribution in [0.4, 0.5) is 4.79 Å². The van der Waals surface area contributed by atoms with Crippen molar-refractivity contribution in [1.82, 2.24) is 4.90 Å². The molecular weight excluding hydrogens is 286 g/mol. The molecule has 0 radical (unpaired) electrons. The molecule has 0 N–H and O–H groups in total. The smallest absolute Gasteiger partial charge is 0.281 e. The summed E-state index contributed by atoms with van der Waals surface area (Å²) < 4.78 is 11.3. The third-order valence-corrected chi connectivity index (χ3v) is 4.03. The van der Waals surface area contributed by atoms with Crippen molar-refractivity contribution in [2.45, 2.75) is 33.3 Å². The van der Waals surface area contributed by atoms with Gasteiger partial charge in [0.05, 0.1) is 12.7 Å². The quantitative estimate of drug-likeness (QED) is 0.679. The summed E-state index contributed by atoms with van der Waals surface area (Å²) >= 11 is 1.28. The molecule has 1 aromatic carbocycles. The minimum Gasteiger partial charge on any atom is -0.493 e. The second-order valence-corrected chi connectivity index (χ2v) is 5.83. The van der Waals surface area contributed by atoms with E-state index >= 15 is 0 Å². The largest absolute Gasteiger partial charge is 0.493 e. The molecule has 0 aliphatic carbocycles. The first-order chi connectivity index (χ1) is 10.1. The predicted molar refractivity (Wildman–Crippen MR) is 88.5 cm³/mol. The summed E-state index contributed by atoms with van der Waals surface area (Å²) in [7, 11) is 1.80. The molecule has 0 aliphatic heterocycles. The van der Waals surface area contributed by atoms with E-state index in [1.807, 2.05) is 38.1 Å². The molecule has 0 unspecified atom stereocenters. The Kier molecular flexibility index (Phi) is 8.05. The van der Waals surface area contributed by atoms with Crippen LogP contribution in [0.3, 0.4) is 0 Å². The van der Waals surface area contributed by atoms with E-state index in [1.165, 1.54) is 11.8 Å². The Morgan fingerprint density at radius 1 is 1.24 bits per heavy atom. The van der Waals surface area contributed by atoms with Crippen LogP contribution in [0.25, 0.3) is 0 Å². The van der Waals surface area contributed by atoms with Crippen LogP contribution in [0.5, 0.6) is 11.5 Å². The topological polar surface area (TPSA) is 38.8 Å². The molecule has 0 spiro atoms. The molecule has 1 aromatic rings. The van der Waals surface area contributed by atoms with Gasteiger partial charge in [-0.1, -0.05) is 18.7 Å².